The van der Waals surface area contributed by atoms with Crippen LogP contribution in [0, 0.1) is 0 Å². The number of halogens is 3. The summed E-state index contributed by atoms with van der Waals surface area (Å²) in [5, 5.41) is 10.9. The number of nitrogens with one attached hydrogen (secondary N) is 1. The average Bonchev–Trinajstić information content (AvgIpc) is 3.08. The second-order valence-electron chi connectivity index (χ2n) is 8.12. The third-order valence-electron chi connectivity index (χ3n) is 4.47. The molecular weight excluding hydrogens is 409 g/mol. The average molecular weight is 432 g/mol. The summed E-state index contributed by atoms with van der Waals surface area (Å²) in [5.41, 5.74) is 2.81. The minimum absolute atomic E-state index is 0.0466. The van der Waals surface area contributed by atoms with Gasteiger partial charge in [-0.1, -0.05) is 57.2 Å². The lowest BCUT2D eigenvalue weighted by atomic mass is 9.86. The SMILES string of the molecule is CC(C)(C)c1ccc(CC(=O)Nc2cnn(Cc3ccc(OC(F)(F)F)cc3)n2)cc1. The summed E-state index contributed by atoms with van der Waals surface area (Å²) < 4.78 is 40.5. The maximum atomic E-state index is 12.3. The van der Waals surface area contributed by atoms with Crippen LogP contribution in [0.5, 0.6) is 5.75 Å². The molecule has 1 N–H and O–H groups in total. The maximum Gasteiger partial charge on any atom is 0.573 e. The van der Waals surface area contributed by atoms with E-state index < -0.39 is 6.36 Å². The molecule has 1 amide bonds. The smallest absolute Gasteiger partial charge is 0.406 e. The summed E-state index contributed by atoms with van der Waals surface area (Å²) in [6.45, 7) is 6.62. The van der Waals surface area contributed by atoms with Crippen molar-refractivity contribution in [2.24, 2.45) is 0 Å². The highest BCUT2D eigenvalue weighted by molar-refractivity contribution is 5.91. The van der Waals surface area contributed by atoms with Crippen LogP contribution in [-0.2, 0) is 23.2 Å². The number of aromatic nitrogens is 3. The Hall–Kier alpha value is -3.36. The first-order valence-electron chi connectivity index (χ1n) is 9.62. The molecule has 2 aromatic carbocycles. The van der Waals surface area contributed by atoms with Gasteiger partial charge in [0, 0.05) is 0 Å². The number of hydrogen-bond donors (Lipinski definition) is 1. The maximum absolute atomic E-state index is 12.3. The minimum Gasteiger partial charge on any atom is -0.406 e. The number of ether oxygens (including phenoxy) is 1. The van der Waals surface area contributed by atoms with E-state index in [0.29, 0.717) is 11.4 Å². The highest BCUT2D eigenvalue weighted by Crippen LogP contribution is 2.23. The van der Waals surface area contributed by atoms with Gasteiger partial charge in [0.25, 0.3) is 0 Å². The van der Waals surface area contributed by atoms with Gasteiger partial charge in [-0.15, -0.1) is 18.3 Å². The van der Waals surface area contributed by atoms with E-state index in [1.54, 1.807) is 0 Å². The summed E-state index contributed by atoms with van der Waals surface area (Å²) in [4.78, 5) is 13.6. The second kappa shape index (κ2) is 8.79. The van der Waals surface area contributed by atoms with Crippen LogP contribution in [0.3, 0.4) is 0 Å². The van der Waals surface area contributed by atoms with Crippen LogP contribution < -0.4 is 10.1 Å². The first-order chi connectivity index (χ1) is 14.5. The van der Waals surface area contributed by atoms with Crippen molar-refractivity contribution in [3.8, 4) is 5.75 Å². The second-order valence-corrected chi connectivity index (χ2v) is 8.12. The number of anilines is 1. The molecule has 0 atom stereocenters. The lowest BCUT2D eigenvalue weighted by Crippen LogP contribution is -2.17. The molecule has 0 saturated carbocycles. The quantitative estimate of drug-likeness (QED) is 0.613. The molecule has 3 aromatic rings. The number of amides is 1. The van der Waals surface area contributed by atoms with Gasteiger partial charge in [0.2, 0.25) is 5.91 Å². The predicted octanol–water partition coefficient (Wildman–Crippen LogP) is 4.70. The molecule has 164 valence electrons. The van der Waals surface area contributed by atoms with E-state index in [0.717, 1.165) is 5.56 Å². The Labute approximate surface area is 178 Å². The molecular formula is C22H23F3N4O2. The number of carbonyl (C=O) groups excluding carboxylic acids is 1. The summed E-state index contributed by atoms with van der Waals surface area (Å²) in [5.74, 6) is -0.217. The third kappa shape index (κ3) is 6.84. The van der Waals surface area contributed by atoms with Crippen LogP contribution in [0.4, 0.5) is 19.0 Å². The number of benzene rings is 2. The molecule has 0 spiro atoms. The fraction of sp³-hybridized carbons (Fsp3) is 0.318. The highest BCUT2D eigenvalue weighted by atomic mass is 19.4. The third-order valence-corrected chi connectivity index (χ3v) is 4.47. The molecule has 31 heavy (non-hydrogen) atoms. The molecule has 0 bridgehead atoms. The summed E-state index contributed by atoms with van der Waals surface area (Å²) >= 11 is 0. The van der Waals surface area contributed by atoms with E-state index in [4.69, 9.17) is 0 Å². The molecule has 0 radical (unpaired) electrons. The highest BCUT2D eigenvalue weighted by Gasteiger charge is 2.30. The zero-order valence-electron chi connectivity index (χ0n) is 17.4. The first kappa shape index (κ1) is 22.3. The fourth-order valence-electron chi connectivity index (χ4n) is 2.89. The van der Waals surface area contributed by atoms with E-state index in [2.05, 4.69) is 41.0 Å². The summed E-state index contributed by atoms with van der Waals surface area (Å²) in [6, 6.07) is 13.3. The van der Waals surface area contributed by atoms with Gasteiger partial charge < -0.3 is 10.1 Å². The largest absolute Gasteiger partial charge is 0.573 e. The number of nitrogens with zero attached hydrogens (tertiary/aromatic N) is 3. The zero-order chi connectivity index (χ0) is 22.6. The Balaban J connectivity index is 1.54. The van der Waals surface area contributed by atoms with Crippen molar-refractivity contribution in [2.75, 3.05) is 5.32 Å². The van der Waals surface area contributed by atoms with Crippen LogP contribution in [0.15, 0.2) is 54.7 Å². The minimum atomic E-state index is -4.73. The molecule has 0 unspecified atom stereocenters. The molecule has 0 saturated heterocycles. The number of alkyl halides is 3. The predicted molar refractivity (Wildman–Crippen MR) is 110 cm³/mol. The number of carbonyl (C=O) groups is 1. The standard InChI is InChI=1S/C22H23F3N4O2/c1-21(2,3)17-8-4-15(5-9-17)12-20(30)27-19-13-26-29(28-19)14-16-6-10-18(11-7-16)31-22(23,24)25/h4-11,13H,12,14H2,1-3H3,(H,27,28,30). The van der Waals surface area contributed by atoms with Crippen LogP contribution in [0.1, 0.15) is 37.5 Å². The lowest BCUT2D eigenvalue weighted by Gasteiger charge is -2.19. The van der Waals surface area contributed by atoms with Gasteiger partial charge in [0.05, 0.1) is 19.2 Å². The van der Waals surface area contributed by atoms with Gasteiger partial charge in [0.15, 0.2) is 5.82 Å². The lowest BCUT2D eigenvalue weighted by molar-refractivity contribution is -0.274. The topological polar surface area (TPSA) is 69.0 Å². The van der Waals surface area contributed by atoms with E-state index in [1.807, 2.05) is 24.3 Å². The molecule has 1 aromatic heterocycles. The first-order valence-corrected chi connectivity index (χ1v) is 9.62. The van der Waals surface area contributed by atoms with Gasteiger partial charge in [-0.2, -0.15) is 9.90 Å². The van der Waals surface area contributed by atoms with Crippen molar-refractivity contribution in [3.63, 3.8) is 0 Å². The van der Waals surface area contributed by atoms with Gasteiger partial charge in [-0.25, -0.2) is 0 Å². The molecule has 1 heterocycles. The Kier molecular flexibility index (Phi) is 6.33. The molecule has 6 nitrogen and oxygen atoms in total. The van der Waals surface area contributed by atoms with Crippen LogP contribution in [0.2, 0.25) is 0 Å². The van der Waals surface area contributed by atoms with Gasteiger partial charge in [-0.05, 0) is 34.2 Å². The molecule has 0 aliphatic carbocycles. The number of rotatable bonds is 6. The Bertz CT molecular complexity index is 1020. The molecule has 0 aliphatic rings. The van der Waals surface area contributed by atoms with Crippen molar-refractivity contribution in [2.45, 2.75) is 45.5 Å². The van der Waals surface area contributed by atoms with Crippen molar-refractivity contribution < 1.29 is 22.7 Å². The van der Waals surface area contributed by atoms with Crippen LogP contribution in [-0.4, -0.2) is 27.3 Å². The van der Waals surface area contributed by atoms with Gasteiger partial charge >= 0.3 is 6.36 Å². The zero-order valence-corrected chi connectivity index (χ0v) is 17.4. The van der Waals surface area contributed by atoms with Crippen molar-refractivity contribution in [1.29, 1.82) is 0 Å². The van der Waals surface area contributed by atoms with Crippen molar-refractivity contribution >= 4 is 11.7 Å². The summed E-state index contributed by atoms with van der Waals surface area (Å²) in [7, 11) is 0. The molecule has 0 aliphatic heterocycles. The van der Waals surface area contributed by atoms with Crippen LogP contribution in [0.25, 0.3) is 0 Å². The van der Waals surface area contributed by atoms with Crippen molar-refractivity contribution in [3.05, 3.63) is 71.4 Å². The van der Waals surface area contributed by atoms with Gasteiger partial charge in [0.1, 0.15) is 5.75 Å². The van der Waals surface area contributed by atoms with Crippen LogP contribution >= 0.6 is 0 Å². The monoisotopic (exact) mass is 432 g/mol. The Morgan fingerprint density at radius 3 is 2.19 bits per heavy atom. The Morgan fingerprint density at radius 1 is 1.00 bits per heavy atom. The molecule has 9 heteroatoms. The Morgan fingerprint density at radius 2 is 1.61 bits per heavy atom. The van der Waals surface area contributed by atoms with E-state index in [-0.39, 0.29) is 30.0 Å². The van der Waals surface area contributed by atoms with Gasteiger partial charge in [-0.3, -0.25) is 4.79 Å². The van der Waals surface area contributed by atoms with Crippen molar-refractivity contribution in [1.82, 2.24) is 15.0 Å². The number of hydrogen-bond acceptors (Lipinski definition) is 4. The van der Waals surface area contributed by atoms with E-state index in [9.17, 15) is 18.0 Å². The fourth-order valence-corrected chi connectivity index (χ4v) is 2.89. The summed E-state index contributed by atoms with van der Waals surface area (Å²) in [6.07, 6.45) is -3.10. The normalized spacial score (nSPS) is 11.9. The molecule has 0 fully saturated rings. The molecule has 3 rings (SSSR count). The van der Waals surface area contributed by atoms with E-state index in [1.165, 1.54) is 40.8 Å². The van der Waals surface area contributed by atoms with E-state index >= 15 is 0 Å².